The van der Waals surface area contributed by atoms with Crippen molar-refractivity contribution in [2.45, 2.75) is 0 Å². The summed E-state index contributed by atoms with van der Waals surface area (Å²) in [5.41, 5.74) is 3.53. The van der Waals surface area contributed by atoms with E-state index >= 15 is 0 Å². The molecule has 2 aromatic carbocycles. The van der Waals surface area contributed by atoms with E-state index in [2.05, 4.69) is 10.5 Å². The smallest absolute Gasteiger partial charge is 0.275 e. The molecule has 1 aromatic heterocycles. The van der Waals surface area contributed by atoms with Crippen LogP contribution in [0.5, 0.6) is 17.2 Å². The van der Waals surface area contributed by atoms with Gasteiger partial charge in [0, 0.05) is 29.7 Å². The van der Waals surface area contributed by atoms with Gasteiger partial charge in [-0.25, -0.2) is 5.43 Å². The lowest BCUT2D eigenvalue weighted by Crippen LogP contribution is -2.17. The van der Waals surface area contributed by atoms with Crippen molar-refractivity contribution < 1.29 is 19.7 Å². The monoisotopic (exact) mass is 351 g/mol. The van der Waals surface area contributed by atoms with Gasteiger partial charge in [-0.05, 0) is 42.5 Å². The van der Waals surface area contributed by atoms with Crippen LogP contribution in [0, 0.1) is 0 Å². The number of phenolic OH excluding ortho intramolecular Hbond substituents is 2. The Kier molecular flexibility index (Phi) is 4.89. The largest absolute Gasteiger partial charge is 0.507 e. The molecule has 0 saturated carbocycles. The Bertz CT molecular complexity index is 949. The minimum Gasteiger partial charge on any atom is -0.507 e. The van der Waals surface area contributed by atoms with Crippen LogP contribution in [0.4, 0.5) is 0 Å². The number of hydrazone groups is 1. The fraction of sp³-hybridized carbons (Fsp3) is 0.0526. The highest BCUT2D eigenvalue weighted by Gasteiger charge is 2.11. The van der Waals surface area contributed by atoms with Crippen LogP contribution in [0.15, 0.2) is 66.0 Å². The molecule has 3 rings (SSSR count). The number of nitrogens with zero attached hydrogens (tertiary/aromatic N) is 2. The van der Waals surface area contributed by atoms with Crippen LogP contribution >= 0.6 is 0 Å². The topological polar surface area (TPSA) is 96.1 Å². The van der Waals surface area contributed by atoms with E-state index in [0.29, 0.717) is 11.3 Å². The molecule has 0 aliphatic carbocycles. The summed E-state index contributed by atoms with van der Waals surface area (Å²) in [4.78, 5) is 12.2. The van der Waals surface area contributed by atoms with Crippen LogP contribution in [0.25, 0.3) is 5.69 Å². The Labute approximate surface area is 149 Å². The number of rotatable bonds is 5. The Morgan fingerprint density at radius 2 is 1.88 bits per heavy atom. The molecule has 0 fully saturated rings. The summed E-state index contributed by atoms with van der Waals surface area (Å²) in [6.07, 6.45) is 4.96. The number of hydrogen-bond donors (Lipinski definition) is 3. The van der Waals surface area contributed by atoms with Gasteiger partial charge in [0.25, 0.3) is 5.91 Å². The lowest BCUT2D eigenvalue weighted by Gasteiger charge is -2.07. The number of nitrogens with one attached hydrogen (secondary N) is 1. The number of hydrogen-bond acceptors (Lipinski definition) is 5. The van der Waals surface area contributed by atoms with Crippen LogP contribution in [0.2, 0.25) is 0 Å². The molecule has 26 heavy (non-hydrogen) atoms. The number of aromatic nitrogens is 1. The van der Waals surface area contributed by atoms with Gasteiger partial charge in [0.05, 0.1) is 18.9 Å². The predicted molar refractivity (Wildman–Crippen MR) is 97.2 cm³/mol. The van der Waals surface area contributed by atoms with Crippen molar-refractivity contribution in [3.8, 4) is 22.9 Å². The molecule has 0 bridgehead atoms. The zero-order valence-corrected chi connectivity index (χ0v) is 14.0. The van der Waals surface area contributed by atoms with Crippen molar-refractivity contribution in [1.82, 2.24) is 9.99 Å². The molecule has 0 atom stereocenters. The predicted octanol–water partition coefficient (Wildman–Crippen LogP) is 2.66. The first-order chi connectivity index (χ1) is 12.6. The fourth-order valence-corrected chi connectivity index (χ4v) is 2.36. The van der Waals surface area contributed by atoms with Crippen LogP contribution in [0.1, 0.15) is 15.9 Å². The highest BCUT2D eigenvalue weighted by atomic mass is 16.5. The van der Waals surface area contributed by atoms with Gasteiger partial charge in [-0.1, -0.05) is 0 Å². The summed E-state index contributed by atoms with van der Waals surface area (Å²) in [6, 6.07) is 13.1. The minimum atomic E-state index is -0.569. The number of ether oxygens (including phenoxy) is 1. The first-order valence-corrected chi connectivity index (χ1v) is 7.75. The van der Waals surface area contributed by atoms with E-state index < -0.39 is 5.91 Å². The van der Waals surface area contributed by atoms with Crippen molar-refractivity contribution in [2.75, 3.05) is 7.11 Å². The summed E-state index contributed by atoms with van der Waals surface area (Å²) >= 11 is 0. The Morgan fingerprint density at radius 3 is 2.58 bits per heavy atom. The number of amides is 1. The molecular weight excluding hydrogens is 334 g/mol. The third-order valence-electron chi connectivity index (χ3n) is 3.73. The van der Waals surface area contributed by atoms with Crippen molar-refractivity contribution in [2.24, 2.45) is 5.10 Å². The number of phenols is 2. The third-order valence-corrected chi connectivity index (χ3v) is 3.73. The zero-order chi connectivity index (χ0) is 18.5. The summed E-state index contributed by atoms with van der Waals surface area (Å²) in [5.74, 6) is -0.176. The van der Waals surface area contributed by atoms with E-state index in [9.17, 15) is 15.0 Å². The third kappa shape index (κ3) is 3.67. The van der Waals surface area contributed by atoms with Crippen molar-refractivity contribution in [3.05, 3.63) is 72.1 Å². The molecule has 0 aliphatic heterocycles. The summed E-state index contributed by atoms with van der Waals surface area (Å²) in [6.45, 7) is 0. The highest BCUT2D eigenvalue weighted by molar-refractivity contribution is 5.97. The van der Waals surface area contributed by atoms with E-state index in [1.165, 1.54) is 31.5 Å². The van der Waals surface area contributed by atoms with Crippen molar-refractivity contribution >= 4 is 12.1 Å². The van der Waals surface area contributed by atoms with Crippen LogP contribution < -0.4 is 10.2 Å². The number of carbonyl (C=O) groups is 1. The van der Waals surface area contributed by atoms with Gasteiger partial charge in [-0.2, -0.15) is 5.10 Å². The van der Waals surface area contributed by atoms with Gasteiger partial charge in [0.1, 0.15) is 17.2 Å². The molecule has 0 spiro atoms. The van der Waals surface area contributed by atoms with Crippen molar-refractivity contribution in [3.63, 3.8) is 0 Å². The molecule has 7 nitrogen and oxygen atoms in total. The maximum Gasteiger partial charge on any atom is 0.275 e. The van der Waals surface area contributed by atoms with Gasteiger partial charge >= 0.3 is 0 Å². The lowest BCUT2D eigenvalue weighted by atomic mass is 10.1. The van der Waals surface area contributed by atoms with E-state index in [4.69, 9.17) is 4.74 Å². The molecule has 0 radical (unpaired) electrons. The average Bonchev–Trinajstić information content (AvgIpc) is 3.17. The molecular formula is C19H17N3O4. The van der Waals surface area contributed by atoms with E-state index in [0.717, 1.165) is 5.69 Å². The summed E-state index contributed by atoms with van der Waals surface area (Å²) < 4.78 is 6.88. The van der Waals surface area contributed by atoms with Gasteiger partial charge in [-0.3, -0.25) is 4.79 Å². The van der Waals surface area contributed by atoms with E-state index in [1.807, 2.05) is 29.1 Å². The molecule has 1 heterocycles. The molecule has 7 heteroatoms. The number of carbonyl (C=O) groups excluding carboxylic acids is 1. The maximum atomic E-state index is 12.2. The molecule has 1 amide bonds. The first kappa shape index (κ1) is 17.1. The molecule has 3 aromatic rings. The number of aromatic hydroxyl groups is 2. The van der Waals surface area contributed by atoms with Gasteiger partial charge in [-0.15, -0.1) is 0 Å². The SMILES string of the molecule is COc1ccc(O)c(/C=N\NC(=O)c2ccc(-n3cccc3)cc2O)c1. The van der Waals surface area contributed by atoms with Crippen LogP contribution in [0.3, 0.4) is 0 Å². The van der Waals surface area contributed by atoms with E-state index in [-0.39, 0.29) is 17.1 Å². The maximum absolute atomic E-state index is 12.2. The second-order valence-electron chi connectivity index (χ2n) is 5.42. The molecule has 0 aliphatic rings. The first-order valence-electron chi connectivity index (χ1n) is 7.75. The van der Waals surface area contributed by atoms with Gasteiger partial charge in [0.15, 0.2) is 0 Å². The lowest BCUT2D eigenvalue weighted by molar-refractivity contribution is 0.0952. The Hall–Kier alpha value is -3.74. The van der Waals surface area contributed by atoms with Crippen LogP contribution in [-0.4, -0.2) is 34.0 Å². The second kappa shape index (κ2) is 7.43. The fourth-order valence-electron chi connectivity index (χ4n) is 2.36. The quantitative estimate of drug-likeness (QED) is 0.486. The normalized spacial score (nSPS) is 10.8. The summed E-state index contributed by atoms with van der Waals surface area (Å²) in [7, 11) is 1.51. The van der Waals surface area contributed by atoms with Gasteiger partial charge < -0.3 is 19.5 Å². The molecule has 132 valence electrons. The molecule has 3 N–H and O–H groups in total. The molecule has 0 unspecified atom stereocenters. The van der Waals surface area contributed by atoms with E-state index in [1.54, 1.807) is 18.2 Å². The standard InChI is InChI=1S/C19H17N3O4/c1-26-15-5-7-17(23)13(10-15)12-20-21-19(25)16-6-4-14(11-18(16)24)22-8-2-3-9-22/h2-12,23-24H,1H3,(H,21,25)/b20-12-. The van der Waals surface area contributed by atoms with Crippen LogP contribution in [-0.2, 0) is 0 Å². The Balaban J connectivity index is 1.72. The number of methoxy groups -OCH3 is 1. The Morgan fingerprint density at radius 1 is 1.12 bits per heavy atom. The zero-order valence-electron chi connectivity index (χ0n) is 14.0. The average molecular weight is 351 g/mol. The highest BCUT2D eigenvalue weighted by Crippen LogP contribution is 2.22. The van der Waals surface area contributed by atoms with Gasteiger partial charge in [0.2, 0.25) is 0 Å². The summed E-state index contributed by atoms with van der Waals surface area (Å²) in [5, 5.41) is 23.7. The van der Waals surface area contributed by atoms with Crippen molar-refractivity contribution in [1.29, 1.82) is 0 Å². The number of benzene rings is 2. The second-order valence-corrected chi connectivity index (χ2v) is 5.42. The molecule has 0 saturated heterocycles. The minimum absolute atomic E-state index is 0.00252.